The quantitative estimate of drug-likeness (QED) is 0.596. The molecule has 0 atom stereocenters. The van der Waals surface area contributed by atoms with Crippen molar-refractivity contribution >= 4 is 26.5 Å². The summed E-state index contributed by atoms with van der Waals surface area (Å²) in [6.45, 7) is 7.04. The Morgan fingerprint density at radius 2 is 1.82 bits per heavy atom. The van der Waals surface area contributed by atoms with Crippen LogP contribution in [0.5, 0.6) is 0 Å². The Hall–Kier alpha value is -1.10. The molecular weight excluding hydrogens is 236 g/mol. The van der Waals surface area contributed by atoms with Crippen LogP contribution in [0.15, 0.2) is 6.07 Å². The molecule has 0 amide bonds. The molecule has 0 aromatic heterocycles. The van der Waals surface area contributed by atoms with Crippen molar-refractivity contribution in [2.24, 2.45) is 0 Å². The molecule has 1 aliphatic rings. The van der Waals surface area contributed by atoms with E-state index in [-0.39, 0.29) is 5.78 Å². The monoisotopic (exact) mass is 252 g/mol. The number of hydrogen-bond acceptors (Lipinski definition) is 3. The largest absolute Gasteiger partial charge is 0.321 e. The molecule has 0 fully saturated rings. The second-order valence-electron chi connectivity index (χ2n) is 4.52. The number of carbonyl (C=O) groups is 1. The number of rotatable bonds is 1. The van der Waals surface area contributed by atoms with Gasteiger partial charge in [0, 0.05) is 20.7 Å². The summed E-state index contributed by atoms with van der Waals surface area (Å²) in [6, 6.07) is 1.75. The van der Waals surface area contributed by atoms with Gasteiger partial charge in [-0.1, -0.05) is 0 Å². The first-order valence-electron chi connectivity index (χ1n) is 5.38. The van der Waals surface area contributed by atoms with Crippen molar-refractivity contribution in [2.45, 2.75) is 27.7 Å². The minimum absolute atomic E-state index is 0.00424. The minimum Gasteiger partial charge on any atom is -0.321 e. The summed E-state index contributed by atoms with van der Waals surface area (Å²) in [4.78, 5) is 11.5. The van der Waals surface area contributed by atoms with Gasteiger partial charge in [-0.15, -0.1) is 0 Å². The van der Waals surface area contributed by atoms with Gasteiger partial charge in [-0.25, -0.2) is 0 Å². The Kier molecular flexibility index (Phi) is 2.69. The Morgan fingerprint density at radius 3 is 2.35 bits per heavy atom. The molecule has 0 saturated heterocycles. The molecule has 17 heavy (non-hydrogen) atoms. The zero-order chi connectivity index (χ0) is 13.0. The van der Waals surface area contributed by atoms with Crippen molar-refractivity contribution < 1.29 is 13.9 Å². The van der Waals surface area contributed by atoms with Crippen LogP contribution in [0.4, 0.5) is 0 Å². The number of Topliss-reactive ketones (excluding diaryl/α,β-unsaturated/α-hetero) is 1. The maximum Gasteiger partial charge on any atom is 0.160 e. The molecule has 0 unspecified atom stereocenters. The van der Waals surface area contributed by atoms with Gasteiger partial charge < -0.3 is 9.11 Å². The summed E-state index contributed by atoms with van der Waals surface area (Å²) in [5.41, 5.74) is 3.10. The van der Waals surface area contributed by atoms with Crippen LogP contribution in [0.2, 0.25) is 0 Å². The highest BCUT2D eigenvalue weighted by Gasteiger charge is 2.15. The molecule has 3 nitrogen and oxygen atoms in total. The Morgan fingerprint density at radius 1 is 1.24 bits per heavy atom. The molecule has 4 heteroatoms. The van der Waals surface area contributed by atoms with Crippen LogP contribution in [0, 0.1) is 18.4 Å². The first kappa shape index (κ1) is 12.4. The molecule has 1 aliphatic heterocycles. The summed E-state index contributed by atoms with van der Waals surface area (Å²) in [5, 5.41) is 2.33. The van der Waals surface area contributed by atoms with Gasteiger partial charge in [0.15, 0.2) is 5.78 Å². The van der Waals surface area contributed by atoms with Crippen LogP contribution in [0.1, 0.15) is 35.3 Å². The first-order chi connectivity index (χ1) is 7.75. The van der Waals surface area contributed by atoms with Gasteiger partial charge in [-0.05, 0) is 55.7 Å². The predicted octanol–water partition coefficient (Wildman–Crippen LogP) is 2.49. The van der Waals surface area contributed by atoms with Crippen molar-refractivity contribution in [1.29, 1.82) is 0 Å². The molecule has 0 aliphatic carbocycles. The van der Waals surface area contributed by atoms with Gasteiger partial charge >= 0.3 is 0 Å². The zero-order valence-corrected chi connectivity index (χ0v) is 11.2. The highest BCUT2D eigenvalue weighted by atomic mass is 32.2. The second-order valence-corrected chi connectivity index (χ2v) is 6.35. The average Bonchev–Trinajstić information content (AvgIpc) is 2.42. The van der Waals surface area contributed by atoms with E-state index >= 15 is 0 Å². The molecule has 1 aromatic carbocycles. The van der Waals surface area contributed by atoms with Crippen LogP contribution in [0.25, 0.3) is 5.57 Å². The van der Waals surface area contributed by atoms with E-state index in [4.69, 9.17) is 0 Å². The highest BCUT2D eigenvalue weighted by Crippen LogP contribution is 2.26. The molecule has 92 valence electrons. The fourth-order valence-electron chi connectivity index (χ4n) is 2.48. The lowest BCUT2D eigenvalue weighted by molar-refractivity contribution is 0.101. The summed E-state index contributed by atoms with van der Waals surface area (Å²) < 4.78 is 20.6. The van der Waals surface area contributed by atoms with Crippen molar-refractivity contribution in [2.75, 3.05) is 0 Å². The molecule has 0 spiro atoms. The average molecular weight is 252 g/mol. The van der Waals surface area contributed by atoms with Crippen LogP contribution >= 0.6 is 9.77 Å². The number of benzene rings is 1. The van der Waals surface area contributed by atoms with Crippen LogP contribution in [-0.4, -0.2) is 20.3 Å². The smallest absolute Gasteiger partial charge is 0.160 e. The van der Waals surface area contributed by atoms with E-state index in [1.807, 2.05) is 20.8 Å². The predicted molar refractivity (Wildman–Crippen MR) is 72.4 cm³/mol. The molecule has 0 radical (unpaired) electrons. The first-order valence-corrected chi connectivity index (χ1v) is 6.99. The summed E-state index contributed by atoms with van der Waals surface area (Å²) >= 11 is 0. The van der Waals surface area contributed by atoms with Gasteiger partial charge in [0.2, 0.25) is 0 Å². The van der Waals surface area contributed by atoms with Crippen molar-refractivity contribution in [3.05, 3.63) is 32.5 Å². The van der Waals surface area contributed by atoms with Gasteiger partial charge in [0.05, 0.1) is 4.51 Å². The molecule has 2 N–H and O–H groups in total. The number of carbonyl (C=O) groups excluding carboxylic acids is 1. The maximum atomic E-state index is 11.5. The van der Waals surface area contributed by atoms with E-state index in [0.717, 1.165) is 21.9 Å². The van der Waals surface area contributed by atoms with E-state index in [1.165, 1.54) is 12.3 Å². The Labute approximate surface area is 101 Å². The molecule has 0 bridgehead atoms. The third-order valence-electron chi connectivity index (χ3n) is 3.14. The zero-order valence-electron chi connectivity index (χ0n) is 10.4. The van der Waals surface area contributed by atoms with Gasteiger partial charge in [0.1, 0.15) is 0 Å². The standard InChI is InChI=1S/C13H16O3S/c1-7-5-11(10(4)14)9(3)12-8(2)6-17(15,16)13(7)12/h5-6,15-16H,1-4H3. The normalized spacial score (nSPS) is 16.7. The lowest BCUT2D eigenvalue weighted by atomic mass is 9.98. The molecule has 2 rings (SSSR count). The molecule has 1 heterocycles. The lowest BCUT2D eigenvalue weighted by Gasteiger charge is -2.07. The Bertz CT molecular complexity index is 740. The fraction of sp³-hybridized carbons (Fsp3) is 0.308. The van der Waals surface area contributed by atoms with Gasteiger partial charge in [-0.3, -0.25) is 4.79 Å². The number of aryl methyl sites for hydroxylation is 1. The van der Waals surface area contributed by atoms with Crippen LogP contribution in [0.3, 0.4) is 0 Å². The number of fused-ring (bicyclic) bond motifs is 1. The van der Waals surface area contributed by atoms with Crippen LogP contribution < -0.4 is 5.22 Å². The van der Waals surface area contributed by atoms with E-state index in [0.29, 0.717) is 10.1 Å². The highest BCUT2D eigenvalue weighted by molar-refractivity contribution is 8.15. The maximum absolute atomic E-state index is 11.5. The van der Waals surface area contributed by atoms with Gasteiger partial charge in [-0.2, -0.15) is 0 Å². The van der Waals surface area contributed by atoms with Crippen molar-refractivity contribution in [3.63, 3.8) is 0 Å². The summed E-state index contributed by atoms with van der Waals surface area (Å²) in [5.74, 6) is 0.00424. The van der Waals surface area contributed by atoms with E-state index in [9.17, 15) is 13.9 Å². The van der Waals surface area contributed by atoms with E-state index < -0.39 is 9.77 Å². The van der Waals surface area contributed by atoms with Crippen molar-refractivity contribution in [3.8, 4) is 0 Å². The molecule has 1 aromatic rings. The third-order valence-corrected chi connectivity index (χ3v) is 4.95. The second kappa shape index (κ2) is 3.70. The SMILES string of the molecule is CC(=O)c1cc(C)c2c(c1C)=C(C)C=S=2(O)O. The number of hydrogen-bond donors (Lipinski definition) is 2. The molecule has 0 saturated carbocycles. The minimum atomic E-state index is -2.82. The molecular formula is C13H16O3S. The van der Waals surface area contributed by atoms with Gasteiger partial charge in [0.25, 0.3) is 0 Å². The fourth-order valence-corrected chi connectivity index (χ4v) is 4.36. The lowest BCUT2D eigenvalue weighted by Crippen LogP contribution is -2.16. The summed E-state index contributed by atoms with van der Waals surface area (Å²) in [7, 11) is -2.82. The van der Waals surface area contributed by atoms with Crippen LogP contribution in [-0.2, 0) is 0 Å². The summed E-state index contributed by atoms with van der Waals surface area (Å²) in [6.07, 6.45) is 0. The topological polar surface area (TPSA) is 57.5 Å². The Balaban J connectivity index is 3.15. The van der Waals surface area contributed by atoms with Crippen molar-refractivity contribution in [1.82, 2.24) is 0 Å². The third kappa shape index (κ3) is 1.73. The van der Waals surface area contributed by atoms with E-state index in [2.05, 4.69) is 0 Å². The van der Waals surface area contributed by atoms with E-state index in [1.54, 1.807) is 6.07 Å². The number of ketones is 1.